The van der Waals surface area contributed by atoms with Gasteiger partial charge in [0.25, 0.3) is 0 Å². The van der Waals surface area contributed by atoms with Gasteiger partial charge in [0.15, 0.2) is 5.65 Å². The zero-order valence-electron chi connectivity index (χ0n) is 16.4. The third kappa shape index (κ3) is 3.26. The number of piperidine rings is 1. The number of fused-ring (bicyclic) bond motifs is 3. The van der Waals surface area contributed by atoms with Crippen LogP contribution in [0.4, 0.5) is 5.82 Å². The quantitative estimate of drug-likeness (QED) is 0.566. The average molecular weight is 447 g/mol. The summed E-state index contributed by atoms with van der Waals surface area (Å²) in [5.74, 6) is 0.910. The van der Waals surface area contributed by atoms with Crippen LogP contribution < -0.4 is 15.8 Å². The molecule has 3 heterocycles. The zero-order valence-corrected chi connectivity index (χ0v) is 17.9. The van der Waals surface area contributed by atoms with Gasteiger partial charge in [0.2, 0.25) is 10.0 Å². The molecule has 1 fully saturated rings. The molecule has 30 heavy (non-hydrogen) atoms. The minimum absolute atomic E-state index is 0.101. The van der Waals surface area contributed by atoms with Crippen LogP contribution in [0.1, 0.15) is 36.1 Å². The first kappa shape index (κ1) is 19.7. The van der Waals surface area contributed by atoms with E-state index >= 15 is 0 Å². The molecule has 5 rings (SSSR count). The van der Waals surface area contributed by atoms with Crippen LogP contribution in [-0.2, 0) is 28.4 Å². The number of nitrogens with one attached hydrogen (secondary N) is 2. The van der Waals surface area contributed by atoms with Crippen molar-refractivity contribution in [2.75, 3.05) is 18.4 Å². The minimum Gasteiger partial charge on any atom is -0.366 e. The normalized spacial score (nSPS) is 18.1. The highest BCUT2D eigenvalue weighted by Gasteiger charge is 2.43. The van der Waals surface area contributed by atoms with Gasteiger partial charge < -0.3 is 10.6 Å². The summed E-state index contributed by atoms with van der Waals surface area (Å²) in [5, 5.41) is 17.1. The minimum atomic E-state index is -3.70. The Labute approximate surface area is 179 Å². The van der Waals surface area contributed by atoms with Crippen molar-refractivity contribution in [1.29, 1.82) is 0 Å². The lowest BCUT2D eigenvalue weighted by atomic mass is 9.77. The largest absolute Gasteiger partial charge is 0.366 e. The van der Waals surface area contributed by atoms with E-state index in [1.54, 1.807) is 22.8 Å². The summed E-state index contributed by atoms with van der Waals surface area (Å²) in [6.07, 6.45) is 5.80. The summed E-state index contributed by atoms with van der Waals surface area (Å²) in [7, 11) is -3.70. The van der Waals surface area contributed by atoms with Crippen LogP contribution in [0, 0.1) is 0 Å². The second-order valence-corrected chi connectivity index (χ2v) is 10.1. The number of anilines is 1. The van der Waals surface area contributed by atoms with Gasteiger partial charge in [-0.25, -0.2) is 18.5 Å². The van der Waals surface area contributed by atoms with Crippen LogP contribution in [0.3, 0.4) is 0 Å². The van der Waals surface area contributed by atoms with Crippen LogP contribution >= 0.6 is 11.6 Å². The third-order valence-electron chi connectivity index (χ3n) is 6.33. The molecule has 2 aromatic heterocycles. The van der Waals surface area contributed by atoms with Crippen molar-refractivity contribution in [3.05, 3.63) is 52.3 Å². The number of aromatic nitrogens is 3. The van der Waals surface area contributed by atoms with E-state index in [9.17, 15) is 8.42 Å². The van der Waals surface area contributed by atoms with E-state index in [4.69, 9.17) is 21.7 Å². The first-order valence-corrected chi connectivity index (χ1v) is 11.9. The number of hydrogen-bond acceptors (Lipinski definition) is 6. The highest BCUT2D eigenvalue weighted by molar-refractivity contribution is 7.89. The Kier molecular flexibility index (Phi) is 4.73. The molecule has 0 unspecified atom stereocenters. The monoisotopic (exact) mass is 446 g/mol. The topological polar surface area (TPSA) is 114 Å². The van der Waals surface area contributed by atoms with Gasteiger partial charge in [-0.15, -0.1) is 0 Å². The molecule has 0 amide bonds. The molecule has 1 spiro atoms. The fourth-order valence-corrected chi connectivity index (χ4v) is 5.40. The average Bonchev–Trinajstić information content (AvgIpc) is 3.27. The van der Waals surface area contributed by atoms with Crippen molar-refractivity contribution < 1.29 is 8.42 Å². The molecule has 1 aliphatic carbocycles. The number of sulfonamides is 1. The fourth-order valence-electron chi connectivity index (χ4n) is 4.71. The smallest absolute Gasteiger partial charge is 0.238 e. The molecule has 0 bridgehead atoms. The van der Waals surface area contributed by atoms with Crippen molar-refractivity contribution in [3.8, 4) is 0 Å². The lowest BCUT2D eigenvalue weighted by Gasteiger charge is -2.34. The maximum absolute atomic E-state index is 11.5. The highest BCUT2D eigenvalue weighted by Crippen LogP contribution is 2.46. The summed E-state index contributed by atoms with van der Waals surface area (Å²) in [6, 6.07) is 6.56. The Morgan fingerprint density at radius 2 is 1.93 bits per heavy atom. The van der Waals surface area contributed by atoms with Gasteiger partial charge in [0.1, 0.15) is 10.8 Å². The summed E-state index contributed by atoms with van der Waals surface area (Å²) < 4.78 is 24.7. The van der Waals surface area contributed by atoms with E-state index in [-0.39, 0.29) is 10.3 Å². The Hall–Kier alpha value is -2.20. The summed E-state index contributed by atoms with van der Waals surface area (Å²) >= 11 is 6.40. The first-order chi connectivity index (χ1) is 14.4. The number of primary sulfonamides is 1. The SMILES string of the molecule is NS(=O)(=O)c1ccc(CNc2c3c(nc4c(Cl)cnn24)C2(CCNCC2)CC3)cc1. The number of rotatable bonds is 4. The van der Waals surface area contributed by atoms with Gasteiger partial charge in [0, 0.05) is 17.5 Å². The second kappa shape index (κ2) is 7.19. The van der Waals surface area contributed by atoms with E-state index in [0.29, 0.717) is 17.2 Å². The van der Waals surface area contributed by atoms with Crippen molar-refractivity contribution in [2.24, 2.45) is 5.14 Å². The van der Waals surface area contributed by atoms with Crippen LogP contribution in [-0.4, -0.2) is 36.1 Å². The maximum Gasteiger partial charge on any atom is 0.238 e. The van der Waals surface area contributed by atoms with Gasteiger partial charge in [-0.3, -0.25) is 0 Å². The lowest BCUT2D eigenvalue weighted by Crippen LogP contribution is -2.39. The molecule has 1 saturated heterocycles. The lowest BCUT2D eigenvalue weighted by molar-refractivity contribution is 0.301. The predicted molar refractivity (Wildman–Crippen MR) is 115 cm³/mol. The second-order valence-electron chi connectivity index (χ2n) is 8.09. The molecule has 1 aromatic carbocycles. The number of halogens is 1. The van der Waals surface area contributed by atoms with Crippen molar-refractivity contribution in [3.63, 3.8) is 0 Å². The zero-order chi connectivity index (χ0) is 20.9. The predicted octanol–water partition coefficient (Wildman–Crippen LogP) is 2.21. The molecular formula is C20H23ClN6O2S. The summed E-state index contributed by atoms with van der Waals surface area (Å²) in [5.41, 5.74) is 4.05. The molecule has 2 aliphatic rings. The van der Waals surface area contributed by atoms with E-state index in [1.807, 2.05) is 0 Å². The molecule has 3 aromatic rings. The number of nitrogens with zero attached hydrogens (tertiary/aromatic N) is 3. The molecule has 0 atom stereocenters. The Morgan fingerprint density at radius 3 is 2.63 bits per heavy atom. The molecule has 10 heteroatoms. The Bertz CT molecular complexity index is 1220. The van der Waals surface area contributed by atoms with Crippen molar-refractivity contribution >= 4 is 33.1 Å². The van der Waals surface area contributed by atoms with Crippen molar-refractivity contribution in [1.82, 2.24) is 19.9 Å². The molecule has 8 nitrogen and oxygen atoms in total. The molecule has 1 aliphatic heterocycles. The number of hydrogen-bond donors (Lipinski definition) is 3. The molecule has 158 valence electrons. The van der Waals surface area contributed by atoms with Crippen LogP contribution in [0.2, 0.25) is 5.02 Å². The Balaban J connectivity index is 1.51. The standard InChI is InChI=1S/C20H23ClN6O2S/c21-16-12-25-27-18(24-11-13-1-3-14(4-2-13)30(22,28)29)15-5-6-20(7-9-23-10-8-20)17(15)26-19(16)27/h1-4,12,23-24H,5-11H2,(H2,22,28,29). The van der Waals surface area contributed by atoms with Crippen molar-refractivity contribution in [2.45, 2.75) is 42.5 Å². The maximum atomic E-state index is 11.5. The molecule has 0 radical (unpaired) electrons. The van der Waals surface area contributed by atoms with Gasteiger partial charge >= 0.3 is 0 Å². The van der Waals surface area contributed by atoms with Crippen LogP contribution in [0.15, 0.2) is 35.4 Å². The first-order valence-electron chi connectivity index (χ1n) is 10.0. The molecule has 0 saturated carbocycles. The third-order valence-corrected chi connectivity index (χ3v) is 7.53. The van der Waals surface area contributed by atoms with Crippen LogP contribution in [0.25, 0.3) is 5.65 Å². The summed E-state index contributed by atoms with van der Waals surface area (Å²) in [6.45, 7) is 2.51. The van der Waals surface area contributed by atoms with E-state index < -0.39 is 10.0 Å². The van der Waals surface area contributed by atoms with Gasteiger partial charge in [-0.05, 0) is 56.5 Å². The number of benzene rings is 1. The van der Waals surface area contributed by atoms with Gasteiger partial charge in [-0.2, -0.15) is 9.61 Å². The summed E-state index contributed by atoms with van der Waals surface area (Å²) in [4.78, 5) is 5.07. The Morgan fingerprint density at radius 1 is 1.20 bits per heavy atom. The van der Waals surface area contributed by atoms with Gasteiger partial charge in [-0.1, -0.05) is 23.7 Å². The molecular weight excluding hydrogens is 424 g/mol. The van der Waals surface area contributed by atoms with E-state index in [2.05, 4.69) is 15.7 Å². The number of nitrogens with two attached hydrogens (primary N) is 1. The highest BCUT2D eigenvalue weighted by atomic mass is 35.5. The fraction of sp³-hybridized carbons (Fsp3) is 0.400. The van der Waals surface area contributed by atoms with Crippen LogP contribution in [0.5, 0.6) is 0 Å². The van der Waals surface area contributed by atoms with Gasteiger partial charge in [0.05, 0.1) is 16.8 Å². The van der Waals surface area contributed by atoms with E-state index in [1.165, 1.54) is 17.7 Å². The van der Waals surface area contributed by atoms with E-state index in [0.717, 1.165) is 55.8 Å². The molecule has 4 N–H and O–H groups in total.